The fourth-order valence-electron chi connectivity index (χ4n) is 2.26. The van der Waals surface area contributed by atoms with Crippen molar-refractivity contribution in [1.82, 2.24) is 20.3 Å². The van der Waals surface area contributed by atoms with Gasteiger partial charge in [-0.15, -0.1) is 0 Å². The van der Waals surface area contributed by atoms with Crippen LogP contribution in [0.5, 0.6) is 0 Å². The fourth-order valence-corrected chi connectivity index (χ4v) is 2.26. The lowest BCUT2D eigenvalue weighted by Gasteiger charge is -2.20. The molecule has 0 aliphatic carbocycles. The molecule has 3 rings (SSSR count). The van der Waals surface area contributed by atoms with Gasteiger partial charge in [0.25, 0.3) is 0 Å². The highest BCUT2D eigenvalue weighted by atomic mass is 15.0. The Kier molecular flexibility index (Phi) is 2.50. The Hall–Kier alpha value is -1.55. The molecule has 2 aromatic heterocycles. The van der Waals surface area contributed by atoms with Crippen molar-refractivity contribution >= 4 is 0 Å². The summed E-state index contributed by atoms with van der Waals surface area (Å²) in [5.41, 5.74) is 2.17. The average Bonchev–Trinajstić information content (AvgIpc) is 3.01. The van der Waals surface area contributed by atoms with Crippen molar-refractivity contribution < 1.29 is 0 Å². The zero-order chi connectivity index (χ0) is 10.8. The molecule has 4 heteroatoms. The monoisotopic (exact) mass is 216 g/mol. The van der Waals surface area contributed by atoms with Gasteiger partial charge in [0.1, 0.15) is 5.82 Å². The predicted octanol–water partition coefficient (Wildman–Crippen LogP) is 1.87. The molecule has 4 nitrogen and oxygen atoms in total. The van der Waals surface area contributed by atoms with E-state index in [9.17, 15) is 0 Å². The van der Waals surface area contributed by atoms with Crippen LogP contribution in [-0.2, 0) is 0 Å². The van der Waals surface area contributed by atoms with Crippen molar-refractivity contribution in [3.05, 3.63) is 30.4 Å². The second kappa shape index (κ2) is 4.14. The van der Waals surface area contributed by atoms with Gasteiger partial charge >= 0.3 is 0 Å². The van der Waals surface area contributed by atoms with E-state index in [4.69, 9.17) is 0 Å². The van der Waals surface area contributed by atoms with E-state index < -0.39 is 0 Å². The molecule has 0 saturated carbocycles. The average molecular weight is 216 g/mol. The van der Waals surface area contributed by atoms with Crippen LogP contribution in [0.2, 0.25) is 0 Å². The maximum Gasteiger partial charge on any atom is 0.110 e. The minimum Gasteiger partial charge on any atom is -0.360 e. The summed E-state index contributed by atoms with van der Waals surface area (Å²) in [4.78, 5) is 11.1. The highest BCUT2D eigenvalue weighted by Gasteiger charge is 2.18. The van der Waals surface area contributed by atoms with E-state index in [0.29, 0.717) is 5.92 Å². The summed E-state index contributed by atoms with van der Waals surface area (Å²) >= 11 is 0. The smallest absolute Gasteiger partial charge is 0.110 e. The molecule has 0 radical (unpaired) electrons. The summed E-state index contributed by atoms with van der Waals surface area (Å²) in [6.07, 6.45) is 6.31. The number of hydrogen-bond donors (Lipinski definition) is 3. The zero-order valence-electron chi connectivity index (χ0n) is 9.16. The predicted molar refractivity (Wildman–Crippen MR) is 63.2 cm³/mol. The van der Waals surface area contributed by atoms with Gasteiger partial charge in [-0.05, 0) is 31.5 Å². The number of piperidine rings is 1. The summed E-state index contributed by atoms with van der Waals surface area (Å²) in [5, 5.41) is 3.41. The molecule has 0 spiro atoms. The van der Waals surface area contributed by atoms with Crippen LogP contribution in [0.1, 0.15) is 24.6 Å². The number of hydrogen-bond acceptors (Lipinski definition) is 2. The van der Waals surface area contributed by atoms with Gasteiger partial charge in [0.05, 0.1) is 17.6 Å². The number of nitrogens with zero attached hydrogens (tertiary/aromatic N) is 1. The number of H-pyrrole nitrogens is 2. The van der Waals surface area contributed by atoms with Gasteiger partial charge in [0.15, 0.2) is 0 Å². The molecule has 1 aliphatic heterocycles. The number of aromatic amines is 2. The molecular weight excluding hydrogens is 200 g/mol. The molecule has 0 aromatic carbocycles. The highest BCUT2D eigenvalue weighted by molar-refractivity contribution is 5.53. The molecule has 84 valence electrons. The van der Waals surface area contributed by atoms with Crippen LogP contribution in [0.3, 0.4) is 0 Å². The molecule has 0 bridgehead atoms. The van der Waals surface area contributed by atoms with Crippen LogP contribution in [0.25, 0.3) is 11.4 Å². The quantitative estimate of drug-likeness (QED) is 0.717. The van der Waals surface area contributed by atoms with Crippen molar-refractivity contribution in [1.29, 1.82) is 0 Å². The Morgan fingerprint density at radius 2 is 2.31 bits per heavy atom. The zero-order valence-corrected chi connectivity index (χ0v) is 9.16. The van der Waals surface area contributed by atoms with E-state index in [0.717, 1.165) is 30.3 Å². The SMILES string of the molecule is c1c[nH]c(-c2cnc(C3CCCNC3)[nH]2)c1. The Balaban J connectivity index is 1.82. The van der Waals surface area contributed by atoms with Crippen LogP contribution >= 0.6 is 0 Å². The summed E-state index contributed by atoms with van der Waals surface area (Å²) < 4.78 is 0. The van der Waals surface area contributed by atoms with Crippen LogP contribution in [0.4, 0.5) is 0 Å². The fraction of sp³-hybridized carbons (Fsp3) is 0.417. The Morgan fingerprint density at radius 1 is 1.31 bits per heavy atom. The second-order valence-corrected chi connectivity index (χ2v) is 4.31. The topological polar surface area (TPSA) is 56.5 Å². The molecule has 1 atom stereocenters. The van der Waals surface area contributed by atoms with Crippen LogP contribution in [-0.4, -0.2) is 28.0 Å². The Morgan fingerprint density at radius 3 is 3.06 bits per heavy atom. The van der Waals surface area contributed by atoms with E-state index in [2.05, 4.69) is 26.3 Å². The maximum absolute atomic E-state index is 4.48. The first kappa shape index (κ1) is 9.66. The van der Waals surface area contributed by atoms with E-state index in [1.54, 1.807) is 0 Å². The summed E-state index contributed by atoms with van der Waals surface area (Å²) in [6.45, 7) is 2.18. The van der Waals surface area contributed by atoms with Crippen LogP contribution in [0, 0.1) is 0 Å². The minimum absolute atomic E-state index is 0.539. The second-order valence-electron chi connectivity index (χ2n) is 4.31. The number of aromatic nitrogens is 3. The minimum atomic E-state index is 0.539. The van der Waals surface area contributed by atoms with Gasteiger partial charge in [0.2, 0.25) is 0 Å². The molecule has 0 amide bonds. The van der Waals surface area contributed by atoms with Crippen molar-refractivity contribution in [3.8, 4) is 11.4 Å². The lowest BCUT2D eigenvalue weighted by Crippen LogP contribution is -2.28. The number of rotatable bonds is 2. The van der Waals surface area contributed by atoms with Crippen molar-refractivity contribution in [2.45, 2.75) is 18.8 Å². The highest BCUT2D eigenvalue weighted by Crippen LogP contribution is 2.23. The first-order chi connectivity index (χ1) is 7.93. The molecule has 3 heterocycles. The molecule has 2 aromatic rings. The van der Waals surface area contributed by atoms with Gasteiger partial charge in [-0.1, -0.05) is 0 Å². The molecule has 16 heavy (non-hydrogen) atoms. The maximum atomic E-state index is 4.48. The molecule has 1 fully saturated rings. The van der Waals surface area contributed by atoms with Crippen molar-refractivity contribution in [2.75, 3.05) is 13.1 Å². The number of imidazole rings is 1. The molecular formula is C12H16N4. The van der Waals surface area contributed by atoms with Gasteiger partial charge in [-0.25, -0.2) is 4.98 Å². The van der Waals surface area contributed by atoms with Gasteiger partial charge < -0.3 is 15.3 Å². The molecule has 3 N–H and O–H groups in total. The lowest BCUT2D eigenvalue weighted by molar-refractivity contribution is 0.449. The molecule has 1 aliphatic rings. The molecule has 1 saturated heterocycles. The van der Waals surface area contributed by atoms with E-state index in [-0.39, 0.29) is 0 Å². The third kappa shape index (κ3) is 1.76. The van der Waals surface area contributed by atoms with E-state index in [1.807, 2.05) is 18.5 Å². The first-order valence-electron chi connectivity index (χ1n) is 5.83. The van der Waals surface area contributed by atoms with Gasteiger partial charge in [-0.3, -0.25) is 0 Å². The normalized spacial score (nSPS) is 21.1. The Labute approximate surface area is 94.5 Å². The molecule has 1 unspecified atom stereocenters. The van der Waals surface area contributed by atoms with Crippen LogP contribution < -0.4 is 5.32 Å². The summed E-state index contributed by atoms with van der Waals surface area (Å²) in [7, 11) is 0. The van der Waals surface area contributed by atoms with E-state index in [1.165, 1.54) is 12.8 Å². The third-order valence-corrected chi connectivity index (χ3v) is 3.17. The lowest BCUT2D eigenvalue weighted by atomic mass is 9.99. The Bertz CT molecular complexity index is 437. The first-order valence-corrected chi connectivity index (χ1v) is 5.83. The standard InChI is InChI=1S/C12H16N4/c1-3-9(7-13-5-1)12-15-8-11(16-12)10-4-2-6-14-10/h2,4,6,8-9,13-14H,1,3,5,7H2,(H,15,16). The van der Waals surface area contributed by atoms with Crippen LogP contribution in [0.15, 0.2) is 24.5 Å². The summed E-state index contributed by atoms with van der Waals surface area (Å²) in [6, 6.07) is 4.05. The number of nitrogens with one attached hydrogen (secondary N) is 3. The van der Waals surface area contributed by atoms with Crippen molar-refractivity contribution in [3.63, 3.8) is 0 Å². The largest absolute Gasteiger partial charge is 0.360 e. The third-order valence-electron chi connectivity index (χ3n) is 3.17. The van der Waals surface area contributed by atoms with Gasteiger partial charge in [0, 0.05) is 18.7 Å². The van der Waals surface area contributed by atoms with Crippen molar-refractivity contribution in [2.24, 2.45) is 0 Å². The van der Waals surface area contributed by atoms with E-state index >= 15 is 0 Å². The van der Waals surface area contributed by atoms with Gasteiger partial charge in [-0.2, -0.15) is 0 Å². The summed E-state index contributed by atoms with van der Waals surface area (Å²) in [5.74, 6) is 1.65.